The molecule has 0 bridgehead atoms. The largest absolute Gasteiger partial charge is 0.456 e. The van der Waals surface area contributed by atoms with E-state index in [2.05, 4.69) is 46.1 Å². The molecule has 4 fully saturated rings. The Labute approximate surface area is 626 Å². The second-order valence-corrected chi connectivity index (χ2v) is 24.2. The van der Waals surface area contributed by atoms with Crippen LogP contribution in [0.2, 0.25) is 0 Å². The molecule has 6 amide bonds. The van der Waals surface area contributed by atoms with E-state index in [-0.39, 0.29) is 116 Å². The highest BCUT2D eigenvalue weighted by molar-refractivity contribution is 9.09. The van der Waals surface area contributed by atoms with Crippen LogP contribution < -0.4 is 16.0 Å². The van der Waals surface area contributed by atoms with E-state index in [1.54, 1.807) is 113 Å². The highest BCUT2D eigenvalue weighted by atomic mass is 79.9. The molecule has 0 radical (unpaired) electrons. The van der Waals surface area contributed by atoms with Crippen LogP contribution in [-0.4, -0.2) is 194 Å². The number of alkyl halides is 1. The van der Waals surface area contributed by atoms with Crippen molar-refractivity contribution in [2.45, 2.75) is 135 Å². The maximum absolute atomic E-state index is 13.3. The number of likely N-dealkylation sites (tertiary alicyclic amines) is 2. The number of fused-ring (bicyclic) bond motifs is 1. The topological polar surface area (TPSA) is 323 Å². The van der Waals surface area contributed by atoms with Crippen molar-refractivity contribution in [3.05, 3.63) is 119 Å². The van der Waals surface area contributed by atoms with Crippen LogP contribution in [0.3, 0.4) is 0 Å². The van der Waals surface area contributed by atoms with Crippen molar-refractivity contribution in [1.82, 2.24) is 30.7 Å². The molecule has 25 nitrogen and oxygen atoms in total. The van der Waals surface area contributed by atoms with Crippen LogP contribution in [-0.2, 0) is 57.2 Å². The lowest BCUT2D eigenvalue weighted by molar-refractivity contribution is -0.154. The van der Waals surface area contributed by atoms with Crippen molar-refractivity contribution in [3.8, 4) is 22.3 Å². The number of ether oxygens (including phenoxy) is 6. The minimum atomic E-state index is -0.893. The molecule has 4 aliphatic rings. The Morgan fingerprint density at radius 1 is 0.440 bits per heavy atom. The number of methoxy groups -OCH3 is 3. The zero-order valence-corrected chi connectivity index (χ0v) is 62.6. The Bertz CT molecular complexity index is 3460. The molecule has 4 saturated heterocycles. The number of rotatable bonds is 23. The molecule has 0 unspecified atom stereocenters. The van der Waals surface area contributed by atoms with Gasteiger partial charge in [-0.15, -0.1) is 0 Å². The first-order valence-electron chi connectivity index (χ1n) is 31.0. The smallest absolute Gasteiger partial charge is 0.407 e. The molecule has 4 heterocycles. The van der Waals surface area contributed by atoms with Crippen molar-refractivity contribution in [2.24, 2.45) is 11.8 Å². The van der Waals surface area contributed by atoms with Crippen LogP contribution in [0, 0.1) is 11.8 Å². The predicted octanol–water partition coefficient (Wildman–Crippen LogP) is 8.67. The average Bonchev–Trinajstić information content (AvgIpc) is 1.65. The lowest BCUT2D eigenvalue weighted by Crippen LogP contribution is -2.54. The zero-order valence-electron chi connectivity index (χ0n) is 56.0. The summed E-state index contributed by atoms with van der Waals surface area (Å²) in [6.07, 6.45) is 2.59. The predicted molar refractivity (Wildman–Crippen MR) is 401 cm³/mol. The van der Waals surface area contributed by atoms with Crippen LogP contribution in [0.1, 0.15) is 134 Å². The highest BCUT2D eigenvalue weighted by Crippen LogP contribution is 2.33. The first-order chi connectivity index (χ1) is 45.0. The fourth-order valence-corrected chi connectivity index (χ4v) is 12.0. The number of Topliss-reactive ketones (excluding diaryl/α,β-unsaturated/α-hetero) is 4. The Kier molecular flexibility index (Phi) is 39.1. The van der Waals surface area contributed by atoms with Gasteiger partial charge in [0.15, 0.2) is 43.0 Å². The maximum atomic E-state index is 13.3. The Balaban J connectivity index is 0.00000100. The van der Waals surface area contributed by atoms with Gasteiger partial charge in [-0.1, -0.05) is 148 Å². The van der Waals surface area contributed by atoms with Crippen LogP contribution in [0.25, 0.3) is 22.3 Å². The number of amides is 6. The first-order valence-corrected chi connectivity index (χ1v) is 32.2. The summed E-state index contributed by atoms with van der Waals surface area (Å²) in [6.45, 7) is 6.29. The maximum Gasteiger partial charge on any atom is 0.407 e. The van der Waals surface area contributed by atoms with Crippen LogP contribution in [0.15, 0.2) is 97.1 Å². The van der Waals surface area contributed by atoms with Crippen molar-refractivity contribution in [3.63, 3.8) is 0 Å². The molecule has 4 aromatic rings. The summed E-state index contributed by atoms with van der Waals surface area (Å²) >= 11 is 3.16. The molecule has 0 aliphatic carbocycles. The number of hydrogen-bond acceptors (Lipinski definition) is 19. The number of hydrogen-bond donors (Lipinski definition) is 3. The van der Waals surface area contributed by atoms with Crippen molar-refractivity contribution in [2.75, 3.05) is 59.6 Å². The van der Waals surface area contributed by atoms with E-state index in [4.69, 9.17) is 14.2 Å². The van der Waals surface area contributed by atoms with E-state index in [1.165, 1.54) is 36.0 Å². The van der Waals surface area contributed by atoms with Gasteiger partial charge in [-0.2, -0.15) is 67.5 Å². The number of alkyl carbamates (subject to hydrolysis) is 3. The molecule has 3 N–H and O–H groups in total. The summed E-state index contributed by atoms with van der Waals surface area (Å²) in [5, 5.41) is 7.85. The fraction of sp³-hybridized carbons (Fsp3) is 0.464. The molecule has 0 saturated carbocycles. The Hall–Kier alpha value is -7.58. The number of esters is 3. The van der Waals surface area contributed by atoms with Gasteiger partial charge in [-0.25, -0.2) is 28.8 Å². The van der Waals surface area contributed by atoms with Crippen LogP contribution in [0.4, 0.5) is 14.4 Å². The zero-order chi connectivity index (χ0) is 68.3. The van der Waals surface area contributed by atoms with Crippen molar-refractivity contribution in [1.29, 1.82) is 0 Å². The Morgan fingerprint density at radius 3 is 1.09 bits per heavy atom. The molecule has 4 aliphatic heterocycles. The summed E-state index contributed by atoms with van der Waals surface area (Å²) in [5.74, 6) is -4.93. The molecule has 8 rings (SSSR count). The van der Waals surface area contributed by atoms with Gasteiger partial charge >= 0.3 is 36.2 Å². The van der Waals surface area contributed by atoms with E-state index < -0.39 is 116 Å². The van der Waals surface area contributed by atoms with Crippen LogP contribution in [0.5, 0.6) is 0 Å². The van der Waals surface area contributed by atoms with Gasteiger partial charge in [-0.05, 0) is 91.9 Å². The molecule has 550 valence electrons. The standard InChI is InChI=1S/C40H48N4O12.C28H31BrN2O7.CH4.5H2S/c1-23(2)34(42-40(52)54-4)36(48)43-20-6-9-30(43)37(49)55-21-32(45)26-14-10-24(11-15-26)25-12-16-27(17-13-25)33(46)22-56-38(50)31-19-18-28-7-5-8-29(35(47)44(28)31)41-39(51)53-3;1-17(2)25(30-28(36)37-3)26(34)31-14-4-5-22(31)27(35)38-16-24(33)21-12-8-19(9-13-21)18-6-10-20(11-7-18)23(32)15-29;;;;;;/h10-17,23,28-31,34H,5-9,18-22H2,1-4H3,(H,41,51)(H,42,52);6-13,17,22,25H,4-5,14-16H2,1-3H3,(H,30,36);1H4;5*1H2/t28-,29-,30-,31-,34-;22-,25-;;;;;;/m00....../s1. The van der Waals surface area contributed by atoms with E-state index in [9.17, 15) is 62.3 Å². The van der Waals surface area contributed by atoms with Crippen molar-refractivity contribution < 1.29 is 90.8 Å². The number of halogens is 1. The SMILES string of the molecule is C.COC(=O)N[C@H](C(=O)N1CCC[C@H]1C(=O)OCC(=O)c1ccc(-c2ccc(C(=O)CBr)cc2)cc1)C(C)C.COC(=O)N[C@H]1CCC[C@H]2CC[C@@H](C(=O)OCC(=O)c3ccc(-c4ccc(C(=O)COC(=O)[C@@H]5CCCN5C(=O)[C@@H](NC(=O)OC)C(C)C)cc4)cc3)N2C1=O.S.S.S.S.S. The molecular weight excluding hydrogens is 1460 g/mol. The molecular formula is C69H93BrN6O19S5. The van der Waals surface area contributed by atoms with E-state index in [0.29, 0.717) is 93.1 Å². The van der Waals surface area contributed by atoms with Gasteiger partial charge in [0, 0.05) is 41.4 Å². The summed E-state index contributed by atoms with van der Waals surface area (Å²) < 4.78 is 29.9. The fourth-order valence-electron chi connectivity index (χ4n) is 11.7. The van der Waals surface area contributed by atoms with E-state index >= 15 is 0 Å². The van der Waals surface area contributed by atoms with Gasteiger partial charge in [0.2, 0.25) is 17.7 Å². The summed E-state index contributed by atoms with van der Waals surface area (Å²) in [4.78, 5) is 168. The van der Waals surface area contributed by atoms with Gasteiger partial charge in [-0.3, -0.25) is 33.6 Å². The summed E-state index contributed by atoms with van der Waals surface area (Å²) in [5.41, 5.74) is 4.89. The monoisotopic (exact) mass is 1550 g/mol. The second kappa shape index (κ2) is 43.3. The van der Waals surface area contributed by atoms with Gasteiger partial charge in [0.25, 0.3) is 0 Å². The van der Waals surface area contributed by atoms with Gasteiger partial charge in [0.05, 0.1) is 26.7 Å². The third-order valence-electron chi connectivity index (χ3n) is 16.9. The van der Waals surface area contributed by atoms with Gasteiger partial charge in [0.1, 0.15) is 36.3 Å². The summed E-state index contributed by atoms with van der Waals surface area (Å²) in [6, 6.07) is 22.1. The highest BCUT2D eigenvalue weighted by Gasteiger charge is 2.46. The molecule has 7 atom stereocenters. The van der Waals surface area contributed by atoms with Gasteiger partial charge < -0.3 is 59.1 Å². The molecule has 4 aromatic carbocycles. The molecule has 0 spiro atoms. The van der Waals surface area contributed by atoms with E-state index in [0.717, 1.165) is 22.3 Å². The minimum Gasteiger partial charge on any atom is -0.456 e. The van der Waals surface area contributed by atoms with E-state index in [1.807, 2.05) is 12.1 Å². The lowest BCUT2D eigenvalue weighted by atomic mass is 10.0. The quantitative estimate of drug-likeness (QED) is 0.0270. The number of benzene rings is 4. The number of ketones is 4. The van der Waals surface area contributed by atoms with Crippen LogP contribution >= 0.6 is 83.4 Å². The number of nitrogens with one attached hydrogen (secondary N) is 3. The number of carbonyl (C=O) groups is 13. The van der Waals surface area contributed by atoms with Crippen molar-refractivity contribution >= 4 is 160 Å². The normalized spacial score (nSPS) is 17.7. The number of nitrogens with zero attached hydrogens (tertiary/aromatic N) is 3. The molecule has 100 heavy (non-hydrogen) atoms. The molecule has 31 heteroatoms. The average molecular weight is 1550 g/mol. The third kappa shape index (κ3) is 23.8. The first kappa shape index (κ1) is 90.4. The summed E-state index contributed by atoms with van der Waals surface area (Å²) in [7, 11) is 3.62. The molecule has 0 aromatic heterocycles. The second-order valence-electron chi connectivity index (χ2n) is 23.7. The lowest BCUT2D eigenvalue weighted by Gasteiger charge is -2.29. The minimum absolute atomic E-state index is 0. The Morgan fingerprint density at radius 2 is 0.770 bits per heavy atom. The third-order valence-corrected chi connectivity index (χ3v) is 17.4. The number of carbonyl (C=O) groups excluding carboxylic acids is 13.